The zero-order valence-corrected chi connectivity index (χ0v) is 13.5. The highest BCUT2D eigenvalue weighted by molar-refractivity contribution is 5.82. The second kappa shape index (κ2) is 8.62. The second-order valence-corrected chi connectivity index (χ2v) is 5.85. The van der Waals surface area contributed by atoms with Crippen LogP contribution in [0.1, 0.15) is 31.7 Å². The predicted molar refractivity (Wildman–Crippen MR) is 86.1 cm³/mol. The number of hydrogen-bond acceptors (Lipinski definition) is 3. The molecule has 0 radical (unpaired) electrons. The van der Waals surface area contributed by atoms with Crippen LogP contribution in [0.4, 0.5) is 4.39 Å². The van der Waals surface area contributed by atoms with Crippen molar-refractivity contribution in [3.05, 3.63) is 35.6 Å². The number of rotatable bonds is 7. The molecule has 0 spiro atoms. The van der Waals surface area contributed by atoms with Crippen molar-refractivity contribution in [1.82, 2.24) is 15.5 Å². The van der Waals surface area contributed by atoms with Crippen LogP contribution in [-0.2, 0) is 16.1 Å². The van der Waals surface area contributed by atoms with Gasteiger partial charge in [0.25, 0.3) is 0 Å². The third-order valence-electron chi connectivity index (χ3n) is 4.02. The monoisotopic (exact) mass is 321 g/mol. The fourth-order valence-corrected chi connectivity index (χ4v) is 2.84. The normalized spacial score (nSPS) is 17.9. The lowest BCUT2D eigenvalue weighted by Crippen LogP contribution is -2.43. The van der Waals surface area contributed by atoms with Gasteiger partial charge in [-0.15, -0.1) is 0 Å². The first kappa shape index (κ1) is 17.4. The third kappa shape index (κ3) is 5.32. The Morgan fingerprint density at radius 3 is 2.74 bits per heavy atom. The van der Waals surface area contributed by atoms with Crippen LogP contribution in [0.2, 0.25) is 0 Å². The zero-order chi connectivity index (χ0) is 16.7. The number of benzene rings is 1. The molecule has 0 saturated carbocycles. The molecule has 1 atom stereocenters. The number of nitrogens with one attached hydrogen (secondary N) is 2. The number of carbonyl (C=O) groups is 2. The van der Waals surface area contributed by atoms with Crippen molar-refractivity contribution in [3.63, 3.8) is 0 Å². The van der Waals surface area contributed by atoms with E-state index in [0.717, 1.165) is 19.4 Å². The maximum Gasteiger partial charge on any atom is 0.237 e. The van der Waals surface area contributed by atoms with Crippen molar-refractivity contribution < 1.29 is 14.0 Å². The lowest BCUT2D eigenvalue weighted by Gasteiger charge is -2.24. The molecule has 1 saturated heterocycles. The molecule has 1 aliphatic heterocycles. The first-order valence-electron chi connectivity index (χ1n) is 8.07. The van der Waals surface area contributed by atoms with E-state index in [4.69, 9.17) is 0 Å². The van der Waals surface area contributed by atoms with Crippen molar-refractivity contribution >= 4 is 11.8 Å². The summed E-state index contributed by atoms with van der Waals surface area (Å²) in [6.45, 7) is 3.81. The van der Waals surface area contributed by atoms with Crippen molar-refractivity contribution in [2.45, 2.75) is 38.8 Å². The van der Waals surface area contributed by atoms with Gasteiger partial charge in [0.05, 0.1) is 6.04 Å². The Morgan fingerprint density at radius 1 is 1.26 bits per heavy atom. The van der Waals surface area contributed by atoms with Gasteiger partial charge in [0, 0.05) is 32.1 Å². The van der Waals surface area contributed by atoms with Gasteiger partial charge in [-0.2, -0.15) is 0 Å². The van der Waals surface area contributed by atoms with Crippen LogP contribution in [0.5, 0.6) is 0 Å². The Hall–Kier alpha value is -1.95. The lowest BCUT2D eigenvalue weighted by atomic mass is 10.1. The highest BCUT2D eigenvalue weighted by Crippen LogP contribution is 2.21. The number of halogens is 1. The summed E-state index contributed by atoms with van der Waals surface area (Å²) in [5, 5.41) is 5.60. The fraction of sp³-hybridized carbons (Fsp3) is 0.529. The number of hydrogen-bond donors (Lipinski definition) is 2. The van der Waals surface area contributed by atoms with E-state index >= 15 is 0 Å². The third-order valence-corrected chi connectivity index (χ3v) is 4.02. The lowest BCUT2D eigenvalue weighted by molar-refractivity contribution is -0.125. The Kier molecular flexibility index (Phi) is 6.52. The van der Waals surface area contributed by atoms with E-state index in [9.17, 15) is 14.0 Å². The molecule has 1 heterocycles. The molecular weight excluding hydrogens is 297 g/mol. The number of likely N-dealkylation sites (tertiary alicyclic amines) is 1. The van der Waals surface area contributed by atoms with Crippen LogP contribution in [0.15, 0.2) is 24.3 Å². The SMILES string of the molecule is CC(=O)NCCCNC(=O)C1CCCN1Cc1ccccc1F. The minimum atomic E-state index is -0.228. The molecule has 126 valence electrons. The highest BCUT2D eigenvalue weighted by atomic mass is 19.1. The van der Waals surface area contributed by atoms with Gasteiger partial charge < -0.3 is 10.6 Å². The molecular formula is C17H24FN3O2. The molecule has 23 heavy (non-hydrogen) atoms. The molecule has 5 nitrogen and oxygen atoms in total. The molecule has 2 rings (SSSR count). The molecule has 1 unspecified atom stereocenters. The minimum Gasteiger partial charge on any atom is -0.356 e. The van der Waals surface area contributed by atoms with Crippen molar-refractivity contribution in [3.8, 4) is 0 Å². The summed E-state index contributed by atoms with van der Waals surface area (Å²) in [5.41, 5.74) is 0.623. The molecule has 1 fully saturated rings. The second-order valence-electron chi connectivity index (χ2n) is 5.85. The van der Waals surface area contributed by atoms with Crippen LogP contribution in [0, 0.1) is 5.82 Å². The molecule has 1 aromatic rings. The van der Waals surface area contributed by atoms with E-state index in [0.29, 0.717) is 31.6 Å². The van der Waals surface area contributed by atoms with Gasteiger partial charge in [-0.05, 0) is 31.9 Å². The Bertz CT molecular complexity index is 550. The van der Waals surface area contributed by atoms with E-state index in [1.165, 1.54) is 13.0 Å². The van der Waals surface area contributed by atoms with Gasteiger partial charge in [-0.3, -0.25) is 14.5 Å². The van der Waals surface area contributed by atoms with Gasteiger partial charge in [0.2, 0.25) is 11.8 Å². The summed E-state index contributed by atoms with van der Waals surface area (Å²) in [7, 11) is 0. The topological polar surface area (TPSA) is 61.4 Å². The van der Waals surface area contributed by atoms with Gasteiger partial charge >= 0.3 is 0 Å². The molecule has 6 heteroatoms. The predicted octanol–water partition coefficient (Wildman–Crippen LogP) is 1.43. The molecule has 0 bridgehead atoms. The number of carbonyl (C=O) groups excluding carboxylic acids is 2. The number of nitrogens with zero attached hydrogens (tertiary/aromatic N) is 1. The summed E-state index contributed by atoms with van der Waals surface area (Å²) in [4.78, 5) is 25.1. The van der Waals surface area contributed by atoms with Crippen molar-refractivity contribution in [2.75, 3.05) is 19.6 Å². The smallest absolute Gasteiger partial charge is 0.237 e. The van der Waals surface area contributed by atoms with Crippen LogP contribution in [0.25, 0.3) is 0 Å². The summed E-state index contributed by atoms with van der Waals surface area (Å²) in [6.07, 6.45) is 2.44. The molecule has 2 N–H and O–H groups in total. The Balaban J connectivity index is 1.80. The molecule has 1 aromatic carbocycles. The largest absolute Gasteiger partial charge is 0.356 e. The average molecular weight is 321 g/mol. The van der Waals surface area contributed by atoms with Gasteiger partial charge in [0.15, 0.2) is 0 Å². The van der Waals surface area contributed by atoms with E-state index in [-0.39, 0.29) is 23.7 Å². The maximum absolute atomic E-state index is 13.8. The van der Waals surface area contributed by atoms with Crippen LogP contribution in [-0.4, -0.2) is 42.4 Å². The minimum absolute atomic E-state index is 0.0123. The number of amides is 2. The van der Waals surface area contributed by atoms with Crippen molar-refractivity contribution in [2.24, 2.45) is 0 Å². The maximum atomic E-state index is 13.8. The summed E-state index contributed by atoms with van der Waals surface area (Å²) in [6, 6.07) is 6.49. The molecule has 2 amide bonds. The first-order chi connectivity index (χ1) is 11.1. The van der Waals surface area contributed by atoms with Gasteiger partial charge in [-0.25, -0.2) is 4.39 Å². The molecule has 0 aliphatic carbocycles. The highest BCUT2D eigenvalue weighted by Gasteiger charge is 2.30. The van der Waals surface area contributed by atoms with E-state index in [1.807, 2.05) is 11.0 Å². The molecule has 0 aromatic heterocycles. The van der Waals surface area contributed by atoms with Gasteiger partial charge in [-0.1, -0.05) is 18.2 Å². The zero-order valence-electron chi connectivity index (χ0n) is 13.5. The van der Waals surface area contributed by atoms with E-state index < -0.39 is 0 Å². The standard InChI is InChI=1S/C17H24FN3O2/c1-13(22)19-9-5-10-20-17(23)16-8-4-11-21(16)12-14-6-2-3-7-15(14)18/h2-3,6-7,16H,4-5,8-12H2,1H3,(H,19,22)(H,20,23). The van der Waals surface area contributed by atoms with Crippen molar-refractivity contribution in [1.29, 1.82) is 0 Å². The Labute approximate surface area is 136 Å². The van der Waals surface area contributed by atoms with Gasteiger partial charge in [0.1, 0.15) is 5.82 Å². The summed E-state index contributed by atoms with van der Waals surface area (Å²) >= 11 is 0. The Morgan fingerprint density at radius 2 is 2.00 bits per heavy atom. The summed E-state index contributed by atoms with van der Waals surface area (Å²) < 4.78 is 13.8. The first-order valence-corrected chi connectivity index (χ1v) is 8.07. The van der Waals surface area contributed by atoms with Crippen LogP contribution < -0.4 is 10.6 Å². The van der Waals surface area contributed by atoms with E-state index in [2.05, 4.69) is 10.6 Å². The fourth-order valence-electron chi connectivity index (χ4n) is 2.84. The summed E-state index contributed by atoms with van der Waals surface area (Å²) in [5.74, 6) is -0.307. The average Bonchev–Trinajstić information content (AvgIpc) is 2.97. The molecule has 1 aliphatic rings. The van der Waals surface area contributed by atoms with Crippen LogP contribution in [0.3, 0.4) is 0 Å². The quantitative estimate of drug-likeness (QED) is 0.747. The van der Waals surface area contributed by atoms with Crippen LogP contribution >= 0.6 is 0 Å². The van der Waals surface area contributed by atoms with E-state index in [1.54, 1.807) is 12.1 Å².